The van der Waals surface area contributed by atoms with E-state index in [1.54, 1.807) is 20.8 Å². The topological polar surface area (TPSA) is 174 Å². The molecule has 25 heavy (non-hydrogen) atoms. The molecule has 11 heteroatoms. The fourth-order valence-electron chi connectivity index (χ4n) is 1.88. The van der Waals surface area contributed by atoms with Crippen LogP contribution in [0.1, 0.15) is 33.6 Å². The van der Waals surface area contributed by atoms with Crippen molar-refractivity contribution >= 4 is 24.0 Å². The second-order valence-corrected chi connectivity index (χ2v) is 6.29. The number of carboxylic acid groups (broad SMARTS) is 3. The Balaban J connectivity index is 5.23. The van der Waals surface area contributed by atoms with Gasteiger partial charge in [0.2, 0.25) is 0 Å². The van der Waals surface area contributed by atoms with Gasteiger partial charge in [0.15, 0.2) is 0 Å². The fourth-order valence-corrected chi connectivity index (χ4v) is 1.88. The molecule has 0 radical (unpaired) electrons. The molecule has 0 aliphatic rings. The van der Waals surface area contributed by atoms with Gasteiger partial charge in [0.05, 0.1) is 19.1 Å². The standard InChI is InChI=1S/C14H24N2O9/c1-14(2,3)25-13(24)15-8(4-5-9(17)18)12(23)16(6-10(19)20)7-11(21)22/h8,12,23H,4-7H2,1-3H3,(H,15,24)(H,17,18)(H,19,20)(H,21,22). The molecule has 0 rings (SSSR count). The molecular weight excluding hydrogens is 340 g/mol. The molecule has 0 aliphatic heterocycles. The third-order valence-corrected chi connectivity index (χ3v) is 2.78. The van der Waals surface area contributed by atoms with E-state index in [9.17, 15) is 24.3 Å². The van der Waals surface area contributed by atoms with Crippen LogP contribution in [0.25, 0.3) is 0 Å². The Morgan fingerprint density at radius 2 is 1.48 bits per heavy atom. The Morgan fingerprint density at radius 3 is 1.84 bits per heavy atom. The number of aliphatic hydroxyl groups excluding tert-OH is 1. The maximum atomic E-state index is 11.8. The minimum Gasteiger partial charge on any atom is -0.481 e. The average molecular weight is 364 g/mol. The summed E-state index contributed by atoms with van der Waals surface area (Å²) in [6.07, 6.45) is -3.39. The predicted octanol–water partition coefficient (Wildman–Crippen LogP) is -0.466. The van der Waals surface area contributed by atoms with Gasteiger partial charge < -0.3 is 30.5 Å². The maximum absolute atomic E-state index is 11.8. The molecule has 0 fully saturated rings. The molecule has 2 unspecified atom stereocenters. The lowest BCUT2D eigenvalue weighted by atomic mass is 10.1. The van der Waals surface area contributed by atoms with E-state index in [-0.39, 0.29) is 6.42 Å². The average Bonchev–Trinajstić information content (AvgIpc) is 2.38. The number of carbonyl (C=O) groups is 4. The van der Waals surface area contributed by atoms with Crippen molar-refractivity contribution in [3.63, 3.8) is 0 Å². The molecule has 11 nitrogen and oxygen atoms in total. The van der Waals surface area contributed by atoms with Crippen molar-refractivity contribution in [2.75, 3.05) is 13.1 Å². The molecular formula is C14H24N2O9. The summed E-state index contributed by atoms with van der Waals surface area (Å²) in [5, 5.41) is 38.9. The summed E-state index contributed by atoms with van der Waals surface area (Å²) in [5.41, 5.74) is -0.853. The number of ether oxygens (including phenoxy) is 1. The largest absolute Gasteiger partial charge is 0.481 e. The van der Waals surface area contributed by atoms with Crippen molar-refractivity contribution in [2.24, 2.45) is 0 Å². The highest BCUT2D eigenvalue weighted by Crippen LogP contribution is 2.11. The van der Waals surface area contributed by atoms with Crippen molar-refractivity contribution in [3.05, 3.63) is 0 Å². The van der Waals surface area contributed by atoms with Gasteiger partial charge in [0, 0.05) is 6.42 Å². The zero-order valence-electron chi connectivity index (χ0n) is 14.3. The Hall–Kier alpha value is -2.40. The van der Waals surface area contributed by atoms with Crippen molar-refractivity contribution in [1.29, 1.82) is 0 Å². The van der Waals surface area contributed by atoms with Crippen LogP contribution in [0.2, 0.25) is 0 Å². The molecule has 0 heterocycles. The summed E-state index contributed by atoms with van der Waals surface area (Å²) in [7, 11) is 0. The molecule has 0 saturated carbocycles. The third kappa shape index (κ3) is 10.9. The highest BCUT2D eigenvalue weighted by molar-refractivity contribution is 5.73. The van der Waals surface area contributed by atoms with Gasteiger partial charge >= 0.3 is 24.0 Å². The van der Waals surface area contributed by atoms with E-state index in [1.165, 1.54) is 0 Å². The van der Waals surface area contributed by atoms with Gasteiger partial charge in [-0.05, 0) is 27.2 Å². The van der Waals surface area contributed by atoms with Gasteiger partial charge in [-0.15, -0.1) is 0 Å². The highest BCUT2D eigenvalue weighted by atomic mass is 16.6. The van der Waals surface area contributed by atoms with Crippen molar-refractivity contribution in [2.45, 2.75) is 51.5 Å². The van der Waals surface area contributed by atoms with Gasteiger partial charge in [-0.2, -0.15) is 0 Å². The summed E-state index contributed by atoms with van der Waals surface area (Å²) in [6.45, 7) is 3.16. The monoisotopic (exact) mass is 364 g/mol. The Labute approximate surface area is 144 Å². The first-order chi connectivity index (χ1) is 11.3. The van der Waals surface area contributed by atoms with Crippen LogP contribution in [0.4, 0.5) is 4.79 Å². The van der Waals surface area contributed by atoms with Gasteiger partial charge in [0.25, 0.3) is 0 Å². The van der Waals surface area contributed by atoms with Crippen LogP contribution < -0.4 is 5.32 Å². The zero-order chi connectivity index (χ0) is 19.8. The van der Waals surface area contributed by atoms with Gasteiger partial charge in [-0.3, -0.25) is 19.3 Å². The molecule has 0 bridgehead atoms. The van der Waals surface area contributed by atoms with Crippen LogP contribution in [0.3, 0.4) is 0 Å². The van der Waals surface area contributed by atoms with Crippen LogP contribution in [0, 0.1) is 0 Å². The Morgan fingerprint density at radius 1 is 1.00 bits per heavy atom. The number of amides is 1. The number of carboxylic acids is 3. The molecule has 0 saturated heterocycles. The Bertz CT molecular complexity index is 485. The molecule has 2 atom stereocenters. The van der Waals surface area contributed by atoms with E-state index in [4.69, 9.17) is 20.1 Å². The number of rotatable bonds is 10. The summed E-state index contributed by atoms with van der Waals surface area (Å²) in [5.74, 6) is -3.99. The Kier molecular flexibility index (Phi) is 8.85. The second kappa shape index (κ2) is 9.79. The lowest BCUT2D eigenvalue weighted by molar-refractivity contribution is -0.149. The smallest absolute Gasteiger partial charge is 0.408 e. The first kappa shape index (κ1) is 22.6. The molecule has 1 amide bonds. The zero-order valence-corrected chi connectivity index (χ0v) is 14.3. The number of carbonyl (C=O) groups excluding carboxylic acids is 1. The van der Waals surface area contributed by atoms with Gasteiger partial charge in [0.1, 0.15) is 11.8 Å². The van der Waals surface area contributed by atoms with Crippen LogP contribution in [0.5, 0.6) is 0 Å². The maximum Gasteiger partial charge on any atom is 0.408 e. The van der Waals surface area contributed by atoms with Gasteiger partial charge in [-0.25, -0.2) is 4.79 Å². The first-order valence-electron chi connectivity index (χ1n) is 7.39. The van der Waals surface area contributed by atoms with Crippen LogP contribution in [-0.2, 0) is 19.1 Å². The summed E-state index contributed by atoms with van der Waals surface area (Å²) in [4.78, 5) is 45.0. The molecule has 0 aromatic rings. The lowest BCUT2D eigenvalue weighted by Crippen LogP contribution is -2.55. The van der Waals surface area contributed by atoms with Crippen LogP contribution >= 0.6 is 0 Å². The minimum absolute atomic E-state index is 0.258. The predicted molar refractivity (Wildman–Crippen MR) is 82.9 cm³/mol. The number of nitrogens with one attached hydrogen (secondary N) is 1. The van der Waals surface area contributed by atoms with E-state index in [0.29, 0.717) is 4.90 Å². The van der Waals surface area contributed by atoms with Crippen LogP contribution in [-0.4, -0.2) is 80.3 Å². The summed E-state index contributed by atoms with van der Waals surface area (Å²) < 4.78 is 5.01. The van der Waals surface area contributed by atoms with Crippen molar-refractivity contribution < 1.29 is 44.3 Å². The molecule has 0 aromatic carbocycles. The van der Waals surface area contributed by atoms with E-state index in [0.717, 1.165) is 0 Å². The molecule has 0 spiro atoms. The van der Waals surface area contributed by atoms with Crippen LogP contribution in [0.15, 0.2) is 0 Å². The number of nitrogens with zero attached hydrogens (tertiary/aromatic N) is 1. The molecule has 144 valence electrons. The number of aliphatic hydroxyl groups is 1. The van der Waals surface area contributed by atoms with E-state index >= 15 is 0 Å². The highest BCUT2D eigenvalue weighted by Gasteiger charge is 2.31. The van der Waals surface area contributed by atoms with E-state index in [2.05, 4.69) is 5.32 Å². The molecule has 0 aliphatic carbocycles. The quantitative estimate of drug-likeness (QED) is 0.319. The second-order valence-electron chi connectivity index (χ2n) is 6.29. The summed E-state index contributed by atoms with van der Waals surface area (Å²) >= 11 is 0. The normalized spacial score (nSPS) is 13.8. The fraction of sp³-hybridized carbons (Fsp3) is 0.714. The third-order valence-electron chi connectivity index (χ3n) is 2.78. The number of alkyl carbamates (subject to hydrolysis) is 1. The number of hydrogen-bond donors (Lipinski definition) is 5. The number of aliphatic carboxylic acids is 3. The van der Waals surface area contributed by atoms with E-state index < -0.39 is 61.4 Å². The van der Waals surface area contributed by atoms with Crippen molar-refractivity contribution in [3.8, 4) is 0 Å². The summed E-state index contributed by atoms with van der Waals surface area (Å²) in [6, 6.07) is -1.25. The minimum atomic E-state index is -1.74. The van der Waals surface area contributed by atoms with Crippen molar-refractivity contribution in [1.82, 2.24) is 10.2 Å². The SMILES string of the molecule is CC(C)(C)OC(=O)NC(CCC(=O)O)C(O)N(CC(=O)O)CC(=O)O. The number of hydrogen-bond acceptors (Lipinski definition) is 7. The van der Waals surface area contributed by atoms with Gasteiger partial charge in [-0.1, -0.05) is 0 Å². The first-order valence-corrected chi connectivity index (χ1v) is 7.39. The molecule has 0 aromatic heterocycles. The molecule has 5 N–H and O–H groups in total. The van der Waals surface area contributed by atoms with E-state index in [1.807, 2.05) is 0 Å². The lowest BCUT2D eigenvalue weighted by Gasteiger charge is -2.32.